The monoisotopic (exact) mass is 371 g/mol. The van der Waals surface area contributed by atoms with E-state index in [2.05, 4.69) is 12.2 Å². The van der Waals surface area contributed by atoms with Gasteiger partial charge < -0.3 is 15.2 Å². The third-order valence-electron chi connectivity index (χ3n) is 7.03. The number of ether oxygens (including phenoxy) is 1. The van der Waals surface area contributed by atoms with E-state index in [9.17, 15) is 14.7 Å². The Hall–Kier alpha value is -2.04. The van der Waals surface area contributed by atoms with Crippen molar-refractivity contribution < 1.29 is 19.4 Å². The number of hydrogen-bond acceptors (Lipinski definition) is 4. The lowest BCUT2D eigenvalue weighted by atomic mass is 9.48. The second-order valence-corrected chi connectivity index (χ2v) is 9.07. The Morgan fingerprint density at radius 3 is 2.22 bits per heavy atom. The Kier molecular flexibility index (Phi) is 4.87. The van der Waals surface area contributed by atoms with E-state index in [1.165, 1.54) is 50.7 Å². The molecule has 0 heterocycles. The number of phenolic OH excluding ortho intramolecular Hbond substituents is 1. The number of amides is 1. The number of aromatic hydroxyl groups is 1. The topological polar surface area (TPSA) is 75.6 Å². The zero-order chi connectivity index (χ0) is 19.0. The first-order valence-electron chi connectivity index (χ1n) is 10.1. The molecule has 0 radical (unpaired) electrons. The van der Waals surface area contributed by atoms with Crippen molar-refractivity contribution in [3.63, 3.8) is 0 Å². The van der Waals surface area contributed by atoms with E-state index in [0.29, 0.717) is 0 Å². The van der Waals surface area contributed by atoms with E-state index in [1.807, 2.05) is 0 Å². The molecule has 5 nitrogen and oxygen atoms in total. The van der Waals surface area contributed by atoms with Crippen LogP contribution in [-0.2, 0) is 20.7 Å². The Balaban J connectivity index is 1.25. The minimum absolute atomic E-state index is 0.0953. The van der Waals surface area contributed by atoms with Crippen LogP contribution in [0.15, 0.2) is 24.3 Å². The van der Waals surface area contributed by atoms with E-state index in [0.717, 1.165) is 23.3 Å². The van der Waals surface area contributed by atoms with Gasteiger partial charge in [0.05, 0.1) is 6.42 Å². The highest BCUT2D eigenvalue weighted by Gasteiger charge is 2.53. The fourth-order valence-corrected chi connectivity index (χ4v) is 6.12. The number of esters is 1. The molecule has 5 heteroatoms. The van der Waals surface area contributed by atoms with Gasteiger partial charge in [-0.25, -0.2) is 0 Å². The van der Waals surface area contributed by atoms with Crippen LogP contribution in [0.4, 0.5) is 0 Å². The lowest BCUT2D eigenvalue weighted by molar-refractivity contribution is -0.148. The molecule has 1 aromatic rings. The van der Waals surface area contributed by atoms with Crippen molar-refractivity contribution in [3.8, 4) is 5.75 Å². The molecule has 0 aromatic heterocycles. The zero-order valence-electron chi connectivity index (χ0n) is 15.9. The molecule has 4 aliphatic rings. The molecule has 4 fully saturated rings. The second-order valence-electron chi connectivity index (χ2n) is 9.07. The van der Waals surface area contributed by atoms with E-state index >= 15 is 0 Å². The van der Waals surface area contributed by atoms with Crippen molar-refractivity contribution in [2.24, 2.45) is 23.2 Å². The van der Waals surface area contributed by atoms with E-state index in [4.69, 9.17) is 4.74 Å². The molecule has 0 unspecified atom stereocenters. The summed E-state index contributed by atoms with van der Waals surface area (Å²) in [5, 5.41) is 12.4. The first-order chi connectivity index (χ1) is 12.9. The summed E-state index contributed by atoms with van der Waals surface area (Å²) in [7, 11) is 0. The van der Waals surface area contributed by atoms with Gasteiger partial charge in [-0.3, -0.25) is 9.59 Å². The summed E-state index contributed by atoms with van der Waals surface area (Å²) in [5.74, 6) is 2.05. The first-order valence-corrected chi connectivity index (χ1v) is 10.1. The van der Waals surface area contributed by atoms with Gasteiger partial charge in [-0.1, -0.05) is 12.1 Å². The molecule has 1 aromatic carbocycles. The van der Waals surface area contributed by atoms with Gasteiger partial charge in [-0.2, -0.15) is 0 Å². The maximum Gasteiger partial charge on any atom is 0.310 e. The van der Waals surface area contributed by atoms with Crippen LogP contribution in [0, 0.1) is 23.2 Å². The Morgan fingerprint density at radius 1 is 1.11 bits per heavy atom. The number of carbonyl (C=O) groups excluding carboxylic acids is 2. The second kappa shape index (κ2) is 7.17. The van der Waals surface area contributed by atoms with Gasteiger partial charge in [0.1, 0.15) is 5.75 Å². The standard InChI is InChI=1S/C22H29NO4/c1-14(22-10-16-6-17(11-22)8-18(7-16)12-22)23-20(25)13-27-21(26)9-15-2-4-19(24)5-3-15/h2-5,14,16-18,24H,6-13H2,1H3,(H,23,25)/t14-,16?,17?,18?,22?/m0/s1. The van der Waals surface area contributed by atoms with Gasteiger partial charge in [0.15, 0.2) is 6.61 Å². The van der Waals surface area contributed by atoms with Crippen molar-refractivity contribution in [1.82, 2.24) is 5.32 Å². The van der Waals surface area contributed by atoms with Crippen molar-refractivity contribution in [2.45, 2.75) is 57.9 Å². The summed E-state index contributed by atoms with van der Waals surface area (Å²) in [4.78, 5) is 24.3. The Bertz CT molecular complexity index is 676. The highest BCUT2D eigenvalue weighted by Crippen LogP contribution is 2.61. The summed E-state index contributed by atoms with van der Waals surface area (Å²) >= 11 is 0. The third kappa shape index (κ3) is 3.97. The largest absolute Gasteiger partial charge is 0.508 e. The molecule has 146 valence electrons. The quantitative estimate of drug-likeness (QED) is 0.753. The average molecular weight is 371 g/mol. The molecular weight excluding hydrogens is 342 g/mol. The predicted molar refractivity (Wildman–Crippen MR) is 101 cm³/mol. The fraction of sp³-hybridized carbons (Fsp3) is 0.636. The summed E-state index contributed by atoms with van der Waals surface area (Å²) in [6, 6.07) is 6.54. The summed E-state index contributed by atoms with van der Waals surface area (Å²) in [6.07, 6.45) is 7.96. The smallest absolute Gasteiger partial charge is 0.310 e. The molecule has 4 aliphatic carbocycles. The van der Waals surface area contributed by atoms with Gasteiger partial charge in [-0.05, 0) is 86.3 Å². The van der Waals surface area contributed by atoms with Crippen LogP contribution in [0.3, 0.4) is 0 Å². The maximum atomic E-state index is 12.3. The van der Waals surface area contributed by atoms with Gasteiger partial charge >= 0.3 is 5.97 Å². The van der Waals surface area contributed by atoms with Crippen molar-refractivity contribution in [2.75, 3.05) is 6.61 Å². The highest BCUT2D eigenvalue weighted by molar-refractivity contribution is 5.81. The Labute approximate surface area is 160 Å². The number of phenols is 1. The highest BCUT2D eigenvalue weighted by atomic mass is 16.5. The molecule has 0 spiro atoms. The van der Waals surface area contributed by atoms with Crippen LogP contribution >= 0.6 is 0 Å². The van der Waals surface area contributed by atoms with Crippen molar-refractivity contribution in [1.29, 1.82) is 0 Å². The number of carbonyl (C=O) groups is 2. The van der Waals surface area contributed by atoms with Crippen LogP contribution in [0.25, 0.3) is 0 Å². The van der Waals surface area contributed by atoms with E-state index in [1.54, 1.807) is 12.1 Å². The summed E-state index contributed by atoms with van der Waals surface area (Å²) in [6.45, 7) is 1.90. The van der Waals surface area contributed by atoms with Crippen LogP contribution in [0.5, 0.6) is 5.75 Å². The molecule has 1 atom stereocenters. The maximum absolute atomic E-state index is 12.3. The predicted octanol–water partition coefficient (Wildman–Crippen LogP) is 3.20. The summed E-state index contributed by atoms with van der Waals surface area (Å²) in [5.41, 5.74) is 1.00. The average Bonchev–Trinajstić information content (AvgIpc) is 2.61. The van der Waals surface area contributed by atoms with Crippen LogP contribution in [-0.4, -0.2) is 29.6 Å². The fourth-order valence-electron chi connectivity index (χ4n) is 6.12. The minimum Gasteiger partial charge on any atom is -0.508 e. The molecule has 5 rings (SSSR count). The lowest BCUT2D eigenvalue weighted by Gasteiger charge is -2.59. The third-order valence-corrected chi connectivity index (χ3v) is 7.03. The van der Waals surface area contributed by atoms with Crippen molar-refractivity contribution >= 4 is 11.9 Å². The molecule has 0 saturated heterocycles. The van der Waals surface area contributed by atoms with Gasteiger partial charge in [0.25, 0.3) is 5.91 Å². The molecule has 0 aliphatic heterocycles. The van der Waals surface area contributed by atoms with E-state index < -0.39 is 5.97 Å². The van der Waals surface area contributed by atoms with E-state index in [-0.39, 0.29) is 36.1 Å². The lowest BCUT2D eigenvalue weighted by Crippen LogP contribution is -2.56. The molecular formula is C22H29NO4. The van der Waals surface area contributed by atoms with Crippen LogP contribution in [0.2, 0.25) is 0 Å². The van der Waals surface area contributed by atoms with Gasteiger partial charge in [0.2, 0.25) is 0 Å². The number of hydrogen-bond donors (Lipinski definition) is 2. The zero-order valence-corrected chi connectivity index (χ0v) is 15.9. The number of benzene rings is 1. The van der Waals surface area contributed by atoms with Crippen molar-refractivity contribution in [3.05, 3.63) is 29.8 Å². The van der Waals surface area contributed by atoms with Crippen LogP contribution in [0.1, 0.15) is 51.0 Å². The molecule has 4 bridgehead atoms. The normalized spacial score (nSPS) is 32.1. The van der Waals surface area contributed by atoms with Gasteiger partial charge in [-0.15, -0.1) is 0 Å². The molecule has 27 heavy (non-hydrogen) atoms. The Morgan fingerprint density at radius 2 is 1.67 bits per heavy atom. The van der Waals surface area contributed by atoms with Crippen LogP contribution < -0.4 is 5.32 Å². The number of rotatable bonds is 6. The summed E-state index contributed by atoms with van der Waals surface area (Å²) < 4.78 is 5.14. The molecule has 4 saturated carbocycles. The molecule has 2 N–H and O–H groups in total. The SMILES string of the molecule is C[C@H](NC(=O)COC(=O)Cc1ccc(O)cc1)C12CC3CC(CC(C3)C1)C2. The van der Waals surface area contributed by atoms with Gasteiger partial charge in [0, 0.05) is 6.04 Å². The number of nitrogens with one attached hydrogen (secondary N) is 1. The minimum atomic E-state index is -0.432. The first kappa shape index (κ1) is 18.3. The molecule has 1 amide bonds.